The lowest BCUT2D eigenvalue weighted by molar-refractivity contribution is -0.120. The molecule has 0 aromatic heterocycles. The van der Waals surface area contributed by atoms with E-state index >= 15 is 0 Å². The van der Waals surface area contributed by atoms with Gasteiger partial charge in [-0.3, -0.25) is 4.79 Å². The van der Waals surface area contributed by atoms with Crippen LogP contribution in [-0.2, 0) is 11.2 Å². The van der Waals surface area contributed by atoms with E-state index in [1.165, 1.54) is 42.0 Å². The average Bonchev–Trinajstić information content (AvgIpc) is 3.21. The lowest BCUT2D eigenvalue weighted by atomic mass is 10.0. The predicted molar refractivity (Wildman–Crippen MR) is 81.6 cm³/mol. The van der Waals surface area contributed by atoms with Crippen LogP contribution in [0.25, 0.3) is 10.8 Å². The maximum absolute atomic E-state index is 12.5. The van der Waals surface area contributed by atoms with Gasteiger partial charge in [0.1, 0.15) is 5.78 Å². The Morgan fingerprint density at radius 1 is 0.950 bits per heavy atom. The number of ketones is 1. The summed E-state index contributed by atoms with van der Waals surface area (Å²) in [5.41, 5.74) is 1.18. The Labute approximate surface area is 120 Å². The van der Waals surface area contributed by atoms with E-state index < -0.39 is 0 Å². The molecule has 102 valence electrons. The van der Waals surface area contributed by atoms with Gasteiger partial charge in [0, 0.05) is 12.3 Å². The van der Waals surface area contributed by atoms with E-state index in [4.69, 9.17) is 0 Å². The van der Waals surface area contributed by atoms with E-state index in [0.29, 0.717) is 18.1 Å². The fraction of sp³-hybridized carbons (Fsp3) is 0.421. The van der Waals surface area contributed by atoms with Crippen molar-refractivity contribution in [1.82, 2.24) is 0 Å². The van der Waals surface area contributed by atoms with E-state index in [0.717, 1.165) is 11.8 Å². The minimum Gasteiger partial charge on any atom is -0.299 e. The molecule has 0 spiro atoms. The summed E-state index contributed by atoms with van der Waals surface area (Å²) in [6, 6.07) is 14.8. The van der Waals surface area contributed by atoms with Crippen molar-refractivity contribution >= 4 is 16.6 Å². The van der Waals surface area contributed by atoms with E-state index in [2.05, 4.69) is 42.5 Å². The van der Waals surface area contributed by atoms with Gasteiger partial charge in [-0.25, -0.2) is 0 Å². The minimum atomic E-state index is 0.393. The third-order valence-corrected chi connectivity index (χ3v) is 5.22. The Bertz CT molecular complexity index is 646. The molecular weight excluding hydrogens is 244 g/mol. The number of benzene rings is 2. The van der Waals surface area contributed by atoms with Crippen molar-refractivity contribution in [1.29, 1.82) is 0 Å². The normalized spacial score (nSPS) is 28.1. The van der Waals surface area contributed by atoms with Crippen LogP contribution in [0.2, 0.25) is 0 Å². The summed E-state index contributed by atoms with van der Waals surface area (Å²) in [4.78, 5) is 12.5. The van der Waals surface area contributed by atoms with Gasteiger partial charge in [-0.2, -0.15) is 0 Å². The highest BCUT2D eigenvalue weighted by Gasteiger charge is 2.53. The summed E-state index contributed by atoms with van der Waals surface area (Å²) in [5.74, 6) is 2.34. The van der Waals surface area contributed by atoms with Crippen molar-refractivity contribution in [3.63, 3.8) is 0 Å². The highest BCUT2D eigenvalue weighted by atomic mass is 16.1. The van der Waals surface area contributed by atoms with Crippen LogP contribution in [0.3, 0.4) is 0 Å². The molecule has 0 N–H and O–H groups in total. The van der Waals surface area contributed by atoms with Crippen LogP contribution in [0, 0.1) is 17.8 Å². The van der Waals surface area contributed by atoms with Crippen LogP contribution in [0.5, 0.6) is 0 Å². The molecule has 0 bridgehead atoms. The minimum absolute atomic E-state index is 0.393. The lowest BCUT2D eigenvalue weighted by Crippen LogP contribution is -2.07. The smallest absolute Gasteiger partial charge is 0.140 e. The molecule has 2 atom stereocenters. The Hall–Kier alpha value is -1.63. The third-order valence-electron chi connectivity index (χ3n) is 5.22. The SMILES string of the molecule is O=C(Cc1ccc2ccccc2c1)C1C2CCCCC21. The van der Waals surface area contributed by atoms with E-state index in [-0.39, 0.29) is 0 Å². The zero-order valence-electron chi connectivity index (χ0n) is 11.7. The van der Waals surface area contributed by atoms with Crippen LogP contribution in [0.1, 0.15) is 31.2 Å². The van der Waals surface area contributed by atoms with Gasteiger partial charge in [0.05, 0.1) is 0 Å². The largest absolute Gasteiger partial charge is 0.299 e. The molecule has 1 heteroatoms. The molecule has 0 amide bonds. The van der Waals surface area contributed by atoms with Gasteiger partial charge in [-0.1, -0.05) is 55.3 Å². The molecule has 2 aliphatic rings. The second-order valence-electron chi connectivity index (χ2n) is 6.46. The van der Waals surface area contributed by atoms with Gasteiger partial charge in [-0.05, 0) is 41.0 Å². The third kappa shape index (κ3) is 2.06. The molecule has 0 aliphatic heterocycles. The van der Waals surface area contributed by atoms with Crippen molar-refractivity contribution in [2.45, 2.75) is 32.1 Å². The van der Waals surface area contributed by atoms with Crippen molar-refractivity contribution in [3.8, 4) is 0 Å². The number of rotatable bonds is 3. The van der Waals surface area contributed by atoms with Gasteiger partial charge in [0.25, 0.3) is 0 Å². The van der Waals surface area contributed by atoms with Gasteiger partial charge in [0.15, 0.2) is 0 Å². The number of hydrogen-bond donors (Lipinski definition) is 0. The zero-order valence-corrected chi connectivity index (χ0v) is 11.7. The number of Topliss-reactive ketones (excluding diaryl/α,β-unsaturated/α-hetero) is 1. The van der Waals surface area contributed by atoms with Crippen molar-refractivity contribution < 1.29 is 4.79 Å². The maximum atomic E-state index is 12.5. The average molecular weight is 264 g/mol. The molecule has 2 aliphatic carbocycles. The molecule has 2 unspecified atom stereocenters. The van der Waals surface area contributed by atoms with Crippen molar-refractivity contribution in [3.05, 3.63) is 48.0 Å². The summed E-state index contributed by atoms with van der Waals surface area (Å²) < 4.78 is 0. The first-order valence-corrected chi connectivity index (χ1v) is 7.83. The zero-order chi connectivity index (χ0) is 13.5. The second-order valence-corrected chi connectivity index (χ2v) is 6.46. The van der Waals surface area contributed by atoms with Gasteiger partial charge in [0.2, 0.25) is 0 Å². The summed E-state index contributed by atoms with van der Waals surface area (Å²) in [7, 11) is 0. The predicted octanol–water partition coefficient (Wildman–Crippen LogP) is 4.39. The highest BCUT2D eigenvalue weighted by molar-refractivity contribution is 5.88. The first kappa shape index (κ1) is 12.1. The fourth-order valence-electron chi connectivity index (χ4n) is 4.14. The van der Waals surface area contributed by atoms with Gasteiger partial charge >= 0.3 is 0 Å². The monoisotopic (exact) mass is 264 g/mol. The number of carbonyl (C=O) groups excluding carboxylic acids is 1. The highest BCUT2D eigenvalue weighted by Crippen LogP contribution is 2.56. The Balaban J connectivity index is 1.51. The van der Waals surface area contributed by atoms with Crippen molar-refractivity contribution in [2.75, 3.05) is 0 Å². The molecule has 1 nitrogen and oxygen atoms in total. The van der Waals surface area contributed by atoms with Crippen LogP contribution >= 0.6 is 0 Å². The van der Waals surface area contributed by atoms with Gasteiger partial charge in [-0.15, -0.1) is 0 Å². The molecule has 20 heavy (non-hydrogen) atoms. The molecule has 2 aromatic carbocycles. The maximum Gasteiger partial charge on any atom is 0.140 e. The van der Waals surface area contributed by atoms with Gasteiger partial charge < -0.3 is 0 Å². The topological polar surface area (TPSA) is 17.1 Å². The summed E-state index contributed by atoms with van der Waals surface area (Å²) in [6.07, 6.45) is 5.88. The quantitative estimate of drug-likeness (QED) is 0.803. The first-order chi connectivity index (χ1) is 9.83. The standard InChI is InChI=1S/C19H20O/c20-18(19-16-7-3-4-8-17(16)19)12-13-9-10-14-5-1-2-6-15(14)11-13/h1-2,5-6,9-11,16-17,19H,3-4,7-8,12H2. The molecule has 2 aromatic rings. The van der Waals surface area contributed by atoms with Crippen LogP contribution in [0.4, 0.5) is 0 Å². The Morgan fingerprint density at radius 2 is 1.65 bits per heavy atom. The summed E-state index contributed by atoms with van der Waals surface area (Å²) in [5, 5.41) is 2.50. The number of carbonyl (C=O) groups is 1. The van der Waals surface area contributed by atoms with E-state index in [1.54, 1.807) is 0 Å². The Morgan fingerprint density at radius 3 is 2.40 bits per heavy atom. The number of hydrogen-bond acceptors (Lipinski definition) is 1. The Kier molecular flexibility index (Phi) is 2.87. The molecule has 2 fully saturated rings. The molecule has 0 saturated heterocycles. The second kappa shape index (κ2) is 4.73. The molecule has 4 rings (SSSR count). The fourth-order valence-corrected chi connectivity index (χ4v) is 4.14. The van der Waals surface area contributed by atoms with Crippen LogP contribution < -0.4 is 0 Å². The van der Waals surface area contributed by atoms with Crippen LogP contribution in [-0.4, -0.2) is 5.78 Å². The summed E-state index contributed by atoms with van der Waals surface area (Å²) in [6.45, 7) is 0. The van der Waals surface area contributed by atoms with E-state index in [9.17, 15) is 4.79 Å². The molecule has 0 radical (unpaired) electrons. The summed E-state index contributed by atoms with van der Waals surface area (Å²) >= 11 is 0. The molecule has 2 saturated carbocycles. The first-order valence-electron chi connectivity index (χ1n) is 7.83. The molecular formula is C19H20O. The van der Waals surface area contributed by atoms with Crippen LogP contribution in [0.15, 0.2) is 42.5 Å². The number of fused-ring (bicyclic) bond motifs is 2. The lowest BCUT2D eigenvalue weighted by Gasteiger charge is -2.04. The molecule has 0 heterocycles. The van der Waals surface area contributed by atoms with E-state index in [1.807, 2.05) is 0 Å². The van der Waals surface area contributed by atoms with Crippen molar-refractivity contribution in [2.24, 2.45) is 17.8 Å².